The maximum atomic E-state index is 12.5. The number of halogens is 1. The van der Waals surface area contributed by atoms with Crippen LogP contribution in [0.2, 0.25) is 0 Å². The van der Waals surface area contributed by atoms with Crippen LogP contribution in [0.25, 0.3) is 0 Å². The zero-order valence-electron chi connectivity index (χ0n) is 6.64. The van der Waals surface area contributed by atoms with Crippen molar-refractivity contribution in [2.24, 2.45) is 10.3 Å². The summed E-state index contributed by atoms with van der Waals surface area (Å²) in [5.74, 6) is -0.543. The summed E-state index contributed by atoms with van der Waals surface area (Å²) < 4.78 is 12.5. The topological polar surface area (TPSA) is 45.0 Å². The highest BCUT2D eigenvalue weighted by Crippen LogP contribution is 2.18. The molecule has 0 N–H and O–H groups in total. The third-order valence-electron chi connectivity index (χ3n) is 1.67. The van der Waals surface area contributed by atoms with Gasteiger partial charge >= 0.3 is 0 Å². The molecule has 1 aliphatic heterocycles. The first-order valence-corrected chi connectivity index (χ1v) is 3.73. The van der Waals surface area contributed by atoms with Gasteiger partial charge in [-0.1, -0.05) is 5.22 Å². The zero-order chi connectivity index (χ0) is 9.26. The Balaban J connectivity index is 2.30. The van der Waals surface area contributed by atoms with Crippen molar-refractivity contribution in [2.75, 3.05) is 11.6 Å². The van der Waals surface area contributed by atoms with Crippen molar-refractivity contribution in [1.82, 2.24) is 0 Å². The van der Waals surface area contributed by atoms with Gasteiger partial charge in [0.2, 0.25) is 0 Å². The molecule has 1 aliphatic rings. The van der Waals surface area contributed by atoms with Gasteiger partial charge in [0.15, 0.2) is 0 Å². The van der Waals surface area contributed by atoms with Crippen molar-refractivity contribution < 1.29 is 9.18 Å². The molecule has 5 heteroatoms. The Hall–Kier alpha value is -1.78. The number of carbonyl (C=O) groups excluding carboxylic acids is 1. The lowest BCUT2D eigenvalue weighted by molar-refractivity contribution is -0.116. The van der Waals surface area contributed by atoms with Gasteiger partial charge in [-0.05, 0) is 24.3 Å². The fraction of sp³-hybridized carbons (Fsp3) is 0.125. The van der Waals surface area contributed by atoms with Crippen LogP contribution in [0.4, 0.5) is 10.1 Å². The lowest BCUT2D eigenvalue weighted by atomic mass is 10.3. The highest BCUT2D eigenvalue weighted by atomic mass is 19.1. The van der Waals surface area contributed by atoms with Crippen molar-refractivity contribution in [1.29, 1.82) is 0 Å². The summed E-state index contributed by atoms with van der Waals surface area (Å²) in [5, 5.41) is 8.31. The summed E-state index contributed by atoms with van der Waals surface area (Å²) in [5.41, 5.74) is 0.535. The summed E-state index contributed by atoms with van der Waals surface area (Å²) in [4.78, 5) is 11.1. The van der Waals surface area contributed by atoms with Crippen LogP contribution in [0.15, 0.2) is 34.6 Å². The quantitative estimate of drug-likeness (QED) is 0.644. The monoisotopic (exact) mass is 179 g/mol. The van der Waals surface area contributed by atoms with Crippen LogP contribution in [-0.4, -0.2) is 12.5 Å². The molecule has 4 nitrogen and oxygen atoms in total. The largest absolute Gasteiger partial charge is 0.272 e. The predicted octanol–water partition coefficient (Wildman–Crippen LogP) is 1.54. The van der Waals surface area contributed by atoms with Gasteiger partial charge in [0, 0.05) is 0 Å². The number of rotatable bonds is 1. The van der Waals surface area contributed by atoms with E-state index in [1.807, 2.05) is 0 Å². The lowest BCUT2D eigenvalue weighted by Gasteiger charge is -2.08. The van der Waals surface area contributed by atoms with E-state index in [4.69, 9.17) is 0 Å². The molecule has 2 rings (SSSR count). The molecule has 1 heterocycles. The molecule has 0 bridgehead atoms. The molecule has 0 radical (unpaired) electrons. The lowest BCUT2D eigenvalue weighted by Crippen LogP contribution is -2.21. The van der Waals surface area contributed by atoms with Gasteiger partial charge < -0.3 is 0 Å². The van der Waals surface area contributed by atoms with E-state index >= 15 is 0 Å². The van der Waals surface area contributed by atoms with E-state index in [-0.39, 0.29) is 18.3 Å². The van der Waals surface area contributed by atoms with Gasteiger partial charge in [-0.2, -0.15) is 10.1 Å². The second kappa shape index (κ2) is 2.93. The fourth-order valence-corrected chi connectivity index (χ4v) is 1.05. The molecule has 1 aromatic rings. The highest BCUT2D eigenvalue weighted by Gasteiger charge is 2.19. The Kier molecular flexibility index (Phi) is 1.77. The van der Waals surface area contributed by atoms with Crippen LogP contribution in [0.3, 0.4) is 0 Å². The average Bonchev–Trinajstić information content (AvgIpc) is 2.53. The van der Waals surface area contributed by atoms with Crippen molar-refractivity contribution in [2.45, 2.75) is 0 Å². The Labute approximate surface area is 73.7 Å². The van der Waals surface area contributed by atoms with Crippen LogP contribution in [0, 0.1) is 5.82 Å². The van der Waals surface area contributed by atoms with E-state index in [1.54, 1.807) is 0 Å². The molecule has 0 unspecified atom stereocenters. The first-order valence-electron chi connectivity index (χ1n) is 3.73. The van der Waals surface area contributed by atoms with Crippen molar-refractivity contribution in [3.8, 4) is 0 Å². The summed E-state index contributed by atoms with van der Waals surface area (Å²) in [7, 11) is 0. The molecule has 0 spiro atoms. The maximum absolute atomic E-state index is 12.5. The maximum Gasteiger partial charge on any atom is 0.272 e. The molecule has 0 saturated carbocycles. The molecular formula is C8H6FN3O. The van der Waals surface area contributed by atoms with Gasteiger partial charge in [0.25, 0.3) is 5.91 Å². The fourth-order valence-electron chi connectivity index (χ4n) is 1.05. The third kappa shape index (κ3) is 1.40. The highest BCUT2D eigenvalue weighted by molar-refractivity contribution is 5.95. The second-order valence-corrected chi connectivity index (χ2v) is 2.57. The molecule has 0 atom stereocenters. The van der Waals surface area contributed by atoms with Gasteiger partial charge in [-0.25, -0.2) is 4.39 Å². The zero-order valence-corrected chi connectivity index (χ0v) is 6.64. The first-order chi connectivity index (χ1) is 6.27. The number of anilines is 1. The number of benzene rings is 1. The summed E-state index contributed by atoms with van der Waals surface area (Å²) in [6.07, 6.45) is 0. The Morgan fingerprint density at radius 1 is 1.31 bits per heavy atom. The molecule has 0 aromatic heterocycles. The number of amides is 1. The van der Waals surface area contributed by atoms with Gasteiger partial charge in [-0.15, -0.1) is 0 Å². The van der Waals surface area contributed by atoms with E-state index in [2.05, 4.69) is 10.3 Å². The molecule has 13 heavy (non-hydrogen) atoms. The van der Waals surface area contributed by atoms with Crippen molar-refractivity contribution >= 4 is 11.6 Å². The van der Waals surface area contributed by atoms with E-state index in [0.29, 0.717) is 5.69 Å². The van der Waals surface area contributed by atoms with E-state index in [9.17, 15) is 9.18 Å². The normalized spacial score (nSPS) is 15.5. The standard InChI is InChI=1S/C8H6FN3O/c9-6-1-3-7(4-2-6)12-8(13)5-10-11-12/h1-4H,5H2. The van der Waals surface area contributed by atoms with Crippen molar-refractivity contribution in [3.63, 3.8) is 0 Å². The van der Waals surface area contributed by atoms with Crippen LogP contribution < -0.4 is 5.01 Å². The minimum absolute atomic E-state index is 0.0668. The summed E-state index contributed by atoms with van der Waals surface area (Å²) in [6, 6.07) is 5.52. The van der Waals surface area contributed by atoms with Crippen LogP contribution in [0.5, 0.6) is 0 Å². The third-order valence-corrected chi connectivity index (χ3v) is 1.67. The van der Waals surface area contributed by atoms with Gasteiger partial charge in [0.05, 0.1) is 5.69 Å². The Bertz CT molecular complexity index is 360. The van der Waals surface area contributed by atoms with E-state index < -0.39 is 0 Å². The molecule has 0 saturated heterocycles. The number of hydrogen-bond acceptors (Lipinski definition) is 3. The molecule has 0 aliphatic carbocycles. The van der Waals surface area contributed by atoms with Crippen LogP contribution >= 0.6 is 0 Å². The molecule has 0 fully saturated rings. The summed E-state index contributed by atoms with van der Waals surface area (Å²) >= 11 is 0. The van der Waals surface area contributed by atoms with E-state index in [1.165, 1.54) is 24.3 Å². The minimum Gasteiger partial charge on any atom is -0.270 e. The molecule has 66 valence electrons. The van der Waals surface area contributed by atoms with Gasteiger partial charge in [0.1, 0.15) is 12.4 Å². The minimum atomic E-state index is -0.340. The Morgan fingerprint density at radius 2 is 2.00 bits per heavy atom. The predicted molar refractivity (Wildman–Crippen MR) is 43.6 cm³/mol. The second-order valence-electron chi connectivity index (χ2n) is 2.57. The van der Waals surface area contributed by atoms with E-state index in [0.717, 1.165) is 5.01 Å². The number of carbonyl (C=O) groups is 1. The van der Waals surface area contributed by atoms with Crippen molar-refractivity contribution in [3.05, 3.63) is 30.1 Å². The Morgan fingerprint density at radius 3 is 2.54 bits per heavy atom. The number of nitrogens with zero attached hydrogens (tertiary/aromatic N) is 3. The van der Waals surface area contributed by atoms with Crippen LogP contribution in [0.1, 0.15) is 0 Å². The molecular weight excluding hydrogens is 173 g/mol. The number of hydrogen-bond donors (Lipinski definition) is 0. The van der Waals surface area contributed by atoms with Crippen LogP contribution in [-0.2, 0) is 4.79 Å². The smallest absolute Gasteiger partial charge is 0.270 e. The molecule has 1 aromatic carbocycles. The SMILES string of the molecule is O=C1CN=NN1c1ccc(F)cc1. The summed E-state index contributed by atoms with van der Waals surface area (Å²) in [6.45, 7) is 0.0668. The molecule has 1 amide bonds. The average molecular weight is 179 g/mol. The van der Waals surface area contributed by atoms with Gasteiger partial charge in [-0.3, -0.25) is 4.79 Å². The first kappa shape index (κ1) is 7.85.